The van der Waals surface area contributed by atoms with Crippen LogP contribution in [0.15, 0.2) is 138 Å². The van der Waals surface area contributed by atoms with E-state index >= 15 is 0 Å². The molecule has 0 spiro atoms. The molecule has 3 aromatic heterocycles. The number of hydrogen-bond donors (Lipinski definition) is 0. The van der Waals surface area contributed by atoms with Crippen LogP contribution in [0.4, 0.5) is 0 Å². The largest absolute Gasteiger partial charge is 0.455 e. The van der Waals surface area contributed by atoms with Crippen molar-refractivity contribution in [3.05, 3.63) is 134 Å². The van der Waals surface area contributed by atoms with Crippen LogP contribution in [0.5, 0.6) is 0 Å². The van der Waals surface area contributed by atoms with Crippen molar-refractivity contribution in [3.63, 3.8) is 0 Å². The van der Waals surface area contributed by atoms with Crippen molar-refractivity contribution in [2.75, 3.05) is 0 Å². The number of benzene rings is 5. The highest BCUT2D eigenvalue weighted by Crippen LogP contribution is 2.45. The van der Waals surface area contributed by atoms with E-state index in [2.05, 4.69) is 120 Å². The zero-order valence-electron chi connectivity index (χ0n) is 20.5. The van der Waals surface area contributed by atoms with Gasteiger partial charge in [0, 0.05) is 44.6 Å². The maximum Gasteiger partial charge on any atom is 0.145 e. The molecule has 8 aromatic rings. The van der Waals surface area contributed by atoms with Crippen LogP contribution in [-0.4, -0.2) is 9.55 Å². The third-order valence-electron chi connectivity index (χ3n) is 7.43. The first-order valence-electron chi connectivity index (χ1n) is 12.8. The Morgan fingerprint density at radius 1 is 0.553 bits per heavy atom. The molecule has 0 amide bonds. The highest BCUT2D eigenvalue weighted by Gasteiger charge is 2.23. The smallest absolute Gasteiger partial charge is 0.145 e. The Hall–Kier alpha value is -5.15. The predicted molar refractivity (Wildman–Crippen MR) is 157 cm³/mol. The molecule has 0 unspecified atom stereocenters. The summed E-state index contributed by atoms with van der Waals surface area (Å²) in [7, 11) is 0. The molecule has 0 radical (unpaired) electrons. The highest BCUT2D eigenvalue weighted by molar-refractivity contribution is 6.24. The van der Waals surface area contributed by atoms with E-state index in [0.29, 0.717) is 0 Å². The number of rotatable bonds is 3. The molecule has 3 nitrogen and oxygen atoms in total. The second-order valence-corrected chi connectivity index (χ2v) is 9.61. The van der Waals surface area contributed by atoms with Gasteiger partial charge in [0.15, 0.2) is 0 Å². The van der Waals surface area contributed by atoms with E-state index in [4.69, 9.17) is 9.40 Å². The van der Waals surface area contributed by atoms with Crippen molar-refractivity contribution in [2.24, 2.45) is 0 Å². The van der Waals surface area contributed by atoms with Crippen LogP contribution in [-0.2, 0) is 0 Å². The maximum atomic E-state index is 6.64. The van der Waals surface area contributed by atoms with Crippen LogP contribution in [0.3, 0.4) is 0 Å². The minimum atomic E-state index is 0.892. The van der Waals surface area contributed by atoms with Crippen LogP contribution < -0.4 is 0 Å². The minimum Gasteiger partial charge on any atom is -0.455 e. The number of hydrogen-bond acceptors (Lipinski definition) is 2. The molecule has 8 rings (SSSR count). The van der Waals surface area contributed by atoms with Gasteiger partial charge in [0.2, 0.25) is 0 Å². The second kappa shape index (κ2) is 8.19. The van der Waals surface area contributed by atoms with Crippen molar-refractivity contribution >= 4 is 43.7 Å². The Morgan fingerprint density at radius 2 is 1.26 bits per heavy atom. The SMILES string of the molecule is c1ccc(-c2cc(-c3c4oc5ccccc5c4cc4c5ccccc5n(-c5ccccc5)c34)ccn2)cc1. The van der Waals surface area contributed by atoms with E-state index in [1.165, 1.54) is 16.3 Å². The van der Waals surface area contributed by atoms with Crippen LogP contribution in [0.2, 0.25) is 0 Å². The Labute approximate surface area is 219 Å². The fourth-order valence-corrected chi connectivity index (χ4v) is 5.77. The molecule has 0 aliphatic heterocycles. The van der Waals surface area contributed by atoms with Gasteiger partial charge in [0.05, 0.1) is 16.7 Å². The van der Waals surface area contributed by atoms with Gasteiger partial charge in [-0.2, -0.15) is 0 Å². The summed E-state index contributed by atoms with van der Waals surface area (Å²) in [5, 5.41) is 4.67. The summed E-state index contributed by atoms with van der Waals surface area (Å²) in [5.74, 6) is 0. The minimum absolute atomic E-state index is 0.892. The number of para-hydroxylation sites is 3. The molecule has 0 bridgehead atoms. The lowest BCUT2D eigenvalue weighted by atomic mass is 9.97. The average Bonchev–Trinajstić information content (AvgIpc) is 3.52. The van der Waals surface area contributed by atoms with Gasteiger partial charge < -0.3 is 8.98 Å². The monoisotopic (exact) mass is 486 g/mol. The van der Waals surface area contributed by atoms with E-state index in [-0.39, 0.29) is 0 Å². The summed E-state index contributed by atoms with van der Waals surface area (Å²) in [6.45, 7) is 0. The van der Waals surface area contributed by atoms with E-state index in [0.717, 1.165) is 55.5 Å². The van der Waals surface area contributed by atoms with Crippen molar-refractivity contribution < 1.29 is 4.42 Å². The molecule has 3 heterocycles. The van der Waals surface area contributed by atoms with Crippen LogP contribution >= 0.6 is 0 Å². The second-order valence-electron chi connectivity index (χ2n) is 9.61. The fraction of sp³-hybridized carbons (Fsp3) is 0. The zero-order chi connectivity index (χ0) is 25.1. The number of pyridine rings is 1. The standard InChI is InChI=1S/C35H22N2O/c1-3-11-23(12-4-1)30-21-24(19-20-36-30)33-34-28(22-29-27-16-8-10-18-32(27)38-35(29)33)26-15-7-9-17-31(26)37(34)25-13-5-2-6-14-25/h1-22H. The molecule has 0 saturated carbocycles. The quantitative estimate of drug-likeness (QED) is 0.249. The summed E-state index contributed by atoms with van der Waals surface area (Å²) in [6.07, 6.45) is 1.90. The van der Waals surface area contributed by atoms with Gasteiger partial charge in [-0.05, 0) is 48.0 Å². The van der Waals surface area contributed by atoms with E-state index in [9.17, 15) is 0 Å². The van der Waals surface area contributed by atoms with Gasteiger partial charge in [-0.15, -0.1) is 0 Å². The molecule has 0 aliphatic carbocycles. The highest BCUT2D eigenvalue weighted by atomic mass is 16.3. The first-order chi connectivity index (χ1) is 18.9. The van der Waals surface area contributed by atoms with Gasteiger partial charge in [-0.1, -0.05) is 84.9 Å². The first kappa shape index (κ1) is 21.0. The lowest BCUT2D eigenvalue weighted by Gasteiger charge is -2.13. The van der Waals surface area contributed by atoms with Gasteiger partial charge in [-0.25, -0.2) is 0 Å². The maximum absolute atomic E-state index is 6.64. The summed E-state index contributed by atoms with van der Waals surface area (Å²) in [6, 6.07) is 44.5. The lowest BCUT2D eigenvalue weighted by molar-refractivity contribution is 0.670. The lowest BCUT2D eigenvalue weighted by Crippen LogP contribution is -1.96. The molecule has 0 fully saturated rings. The number of aromatic nitrogens is 2. The Bertz CT molecular complexity index is 2120. The number of furan rings is 1. The Kier molecular flexibility index (Phi) is 4.52. The van der Waals surface area contributed by atoms with Crippen molar-refractivity contribution in [2.45, 2.75) is 0 Å². The zero-order valence-corrected chi connectivity index (χ0v) is 20.5. The molecule has 0 aliphatic rings. The topological polar surface area (TPSA) is 31.0 Å². The van der Waals surface area contributed by atoms with Gasteiger partial charge in [0.25, 0.3) is 0 Å². The molecular formula is C35H22N2O. The molecular weight excluding hydrogens is 464 g/mol. The van der Waals surface area contributed by atoms with E-state index in [1.807, 2.05) is 18.3 Å². The third-order valence-corrected chi connectivity index (χ3v) is 7.43. The fourth-order valence-electron chi connectivity index (χ4n) is 5.77. The van der Waals surface area contributed by atoms with E-state index in [1.54, 1.807) is 0 Å². The summed E-state index contributed by atoms with van der Waals surface area (Å²) >= 11 is 0. The normalized spacial score (nSPS) is 11.7. The molecule has 5 aromatic carbocycles. The van der Waals surface area contributed by atoms with Crippen LogP contribution in [0, 0.1) is 0 Å². The van der Waals surface area contributed by atoms with Gasteiger partial charge in [-0.3, -0.25) is 4.98 Å². The molecule has 38 heavy (non-hydrogen) atoms. The third kappa shape index (κ3) is 3.06. The van der Waals surface area contributed by atoms with Gasteiger partial charge in [0.1, 0.15) is 11.2 Å². The van der Waals surface area contributed by atoms with Crippen LogP contribution in [0.25, 0.3) is 71.8 Å². The molecule has 0 N–H and O–H groups in total. The first-order valence-corrected chi connectivity index (χ1v) is 12.8. The molecule has 0 atom stereocenters. The van der Waals surface area contributed by atoms with Gasteiger partial charge >= 0.3 is 0 Å². The summed E-state index contributed by atoms with van der Waals surface area (Å²) < 4.78 is 9.02. The Balaban J connectivity index is 1.59. The van der Waals surface area contributed by atoms with Crippen molar-refractivity contribution in [3.8, 4) is 28.1 Å². The predicted octanol–water partition coefficient (Wildman–Crippen LogP) is 9.41. The van der Waals surface area contributed by atoms with Crippen molar-refractivity contribution in [1.29, 1.82) is 0 Å². The molecule has 3 heteroatoms. The van der Waals surface area contributed by atoms with Crippen molar-refractivity contribution in [1.82, 2.24) is 9.55 Å². The summed E-state index contributed by atoms with van der Waals surface area (Å²) in [5.41, 5.74) is 9.39. The van der Waals surface area contributed by atoms with E-state index < -0.39 is 0 Å². The van der Waals surface area contributed by atoms with Crippen LogP contribution in [0.1, 0.15) is 0 Å². The number of fused-ring (bicyclic) bond motifs is 6. The molecule has 0 saturated heterocycles. The summed E-state index contributed by atoms with van der Waals surface area (Å²) in [4.78, 5) is 4.72. The Morgan fingerprint density at radius 3 is 2.11 bits per heavy atom. The molecule has 178 valence electrons. The average molecular weight is 487 g/mol. The number of nitrogens with zero attached hydrogens (tertiary/aromatic N) is 2.